The fraction of sp³-hybridized carbons (Fsp3) is 0.556. The Labute approximate surface area is 150 Å². The van der Waals surface area contributed by atoms with Gasteiger partial charge < -0.3 is 45.2 Å². The zero-order valence-electron chi connectivity index (χ0n) is 11.3. The van der Waals surface area contributed by atoms with E-state index in [1.807, 2.05) is 0 Å². The molecule has 0 fully saturated rings. The van der Waals surface area contributed by atoms with Crippen molar-refractivity contribution in [2.75, 3.05) is 33.2 Å². The quantitative estimate of drug-likeness (QED) is 0.152. The van der Waals surface area contributed by atoms with Crippen molar-refractivity contribution in [3.05, 3.63) is 0 Å². The zero-order valence-corrected chi connectivity index (χ0v) is 14.5. The molecule has 0 rings (SSSR count). The third-order valence-electron chi connectivity index (χ3n) is 2.27. The Kier molecular flexibility index (Phi) is 16.6. The number of rotatable bonds is 9. The van der Waals surface area contributed by atoms with Crippen LogP contribution in [0.15, 0.2) is 0 Å². The van der Waals surface area contributed by atoms with Crippen LogP contribution in [-0.2, 0) is 38.7 Å². The van der Waals surface area contributed by atoms with Gasteiger partial charge in [0, 0.05) is 0 Å². The minimum Gasteiger partial charge on any atom is -1.00 e. The molecule has 0 aromatic carbocycles. The SMILES string of the molecule is C[N+](CC(=O)O)(CC(=O)O)N(CC(=O)O)CC(=O)O.[Cl-].[Cl-].[Ru+3]. The number of likely N-dealkylation sites (N-methyl/N-ethyl adjacent to an activating group) is 1. The number of carboxylic acid groups (broad SMARTS) is 4. The number of carboxylic acids is 4. The van der Waals surface area contributed by atoms with Crippen molar-refractivity contribution < 1.29 is 88.5 Å². The van der Waals surface area contributed by atoms with Gasteiger partial charge in [0.2, 0.25) is 0 Å². The molecule has 0 aromatic heterocycles. The Bertz CT molecular complexity index is 377. The maximum Gasteiger partial charge on any atom is 3.00 e. The summed E-state index contributed by atoms with van der Waals surface area (Å²) in [7, 11) is 1.15. The van der Waals surface area contributed by atoms with Crippen molar-refractivity contribution in [3.8, 4) is 0 Å². The first-order chi connectivity index (χ1) is 8.56. The van der Waals surface area contributed by atoms with E-state index in [9.17, 15) is 19.2 Å². The number of nitrogens with zero attached hydrogens (tertiary/aromatic N) is 2. The average Bonchev–Trinajstić information content (AvgIpc) is 2.11. The number of quaternary nitrogens is 1. The molecule has 0 saturated carbocycles. The van der Waals surface area contributed by atoms with Crippen LogP contribution in [0.2, 0.25) is 0 Å². The molecule has 10 nitrogen and oxygen atoms in total. The summed E-state index contributed by atoms with van der Waals surface area (Å²) < 4.78 is -0.858. The Morgan fingerprint density at radius 1 is 0.773 bits per heavy atom. The van der Waals surface area contributed by atoms with E-state index in [1.54, 1.807) is 0 Å². The van der Waals surface area contributed by atoms with Crippen LogP contribution in [0, 0.1) is 0 Å². The van der Waals surface area contributed by atoms with Gasteiger partial charge in [-0.3, -0.25) is 9.59 Å². The molecule has 0 atom stereocenters. The standard InChI is InChI=1S/C9H14N2O8.2ClH.Ru/c1-11(4-8(16)17,5-9(18)19)10(2-6(12)13)3-7(14)15;;;/h2-5H2,1H3,(H3-,12,13,14,15,16,17,18,19);2*1H;/q;;;+3/p-1. The van der Waals surface area contributed by atoms with Crippen LogP contribution in [0.3, 0.4) is 0 Å². The first-order valence-corrected chi connectivity index (χ1v) is 5.04. The van der Waals surface area contributed by atoms with Gasteiger partial charge in [-0.15, -0.1) is 5.01 Å². The molecular weight excluding hydrogens is 436 g/mol. The minimum atomic E-state index is -1.39. The Hall–Kier alpha value is -0.997. The van der Waals surface area contributed by atoms with Gasteiger partial charge in [0.05, 0.1) is 7.05 Å². The van der Waals surface area contributed by atoms with Crippen molar-refractivity contribution >= 4 is 23.9 Å². The fourth-order valence-corrected chi connectivity index (χ4v) is 1.55. The summed E-state index contributed by atoms with van der Waals surface area (Å²) in [5, 5.41) is 35.6. The summed E-state index contributed by atoms with van der Waals surface area (Å²) >= 11 is 0. The molecule has 0 aliphatic carbocycles. The number of aliphatic carboxylic acids is 4. The molecule has 0 saturated heterocycles. The van der Waals surface area contributed by atoms with Crippen molar-refractivity contribution in [3.63, 3.8) is 0 Å². The molecule has 13 heteroatoms. The summed E-state index contributed by atoms with van der Waals surface area (Å²) in [4.78, 5) is 42.8. The zero-order chi connectivity index (χ0) is 15.2. The van der Waals surface area contributed by atoms with Gasteiger partial charge in [0.25, 0.3) is 0 Å². The second-order valence-electron chi connectivity index (χ2n) is 4.05. The third kappa shape index (κ3) is 11.6. The number of halogens is 2. The normalized spacial score (nSPS) is 9.73. The predicted octanol–water partition coefficient (Wildman–Crippen LogP) is -8.01. The first-order valence-electron chi connectivity index (χ1n) is 5.04. The van der Waals surface area contributed by atoms with Crippen LogP contribution < -0.4 is 24.8 Å². The Morgan fingerprint density at radius 2 is 1.05 bits per heavy atom. The van der Waals surface area contributed by atoms with E-state index < -0.39 is 54.6 Å². The molecule has 0 bridgehead atoms. The van der Waals surface area contributed by atoms with Gasteiger partial charge in [0.15, 0.2) is 13.1 Å². The van der Waals surface area contributed by atoms with Gasteiger partial charge in [-0.25, -0.2) is 14.2 Å². The smallest absolute Gasteiger partial charge is 1.00 e. The van der Waals surface area contributed by atoms with Gasteiger partial charge in [-0.2, -0.15) is 0 Å². The summed E-state index contributed by atoms with van der Waals surface area (Å²) in [6, 6.07) is 0. The predicted molar refractivity (Wildman–Crippen MR) is 58.0 cm³/mol. The van der Waals surface area contributed by atoms with Gasteiger partial charge >= 0.3 is 43.4 Å². The van der Waals surface area contributed by atoms with Crippen LogP contribution >= 0.6 is 0 Å². The fourth-order valence-electron chi connectivity index (χ4n) is 1.55. The van der Waals surface area contributed by atoms with Crippen molar-refractivity contribution in [2.45, 2.75) is 0 Å². The van der Waals surface area contributed by atoms with Crippen molar-refractivity contribution in [2.24, 2.45) is 0 Å². The molecule has 0 spiro atoms. The molecule has 0 amide bonds. The van der Waals surface area contributed by atoms with Gasteiger partial charge in [-0.05, 0) is 0 Å². The van der Waals surface area contributed by atoms with Crippen LogP contribution in [0.25, 0.3) is 0 Å². The van der Waals surface area contributed by atoms with Crippen LogP contribution in [-0.4, -0.2) is 87.1 Å². The Balaban J connectivity index is -0.000000540. The van der Waals surface area contributed by atoms with Gasteiger partial charge in [0.1, 0.15) is 13.1 Å². The topological polar surface area (TPSA) is 152 Å². The van der Waals surface area contributed by atoms with Crippen molar-refractivity contribution in [1.29, 1.82) is 0 Å². The summed E-state index contributed by atoms with van der Waals surface area (Å²) in [5.41, 5.74) is 0. The molecule has 129 valence electrons. The van der Waals surface area contributed by atoms with E-state index in [0.29, 0.717) is 0 Å². The maximum atomic E-state index is 10.7. The van der Waals surface area contributed by atoms with Crippen molar-refractivity contribution in [1.82, 2.24) is 5.01 Å². The largest absolute Gasteiger partial charge is 3.00 e. The molecule has 22 heavy (non-hydrogen) atoms. The monoisotopic (exact) mass is 451 g/mol. The molecule has 0 heterocycles. The minimum absolute atomic E-state index is 0. The maximum absolute atomic E-state index is 10.7. The van der Waals surface area contributed by atoms with Gasteiger partial charge in [-0.1, -0.05) is 0 Å². The van der Waals surface area contributed by atoms with E-state index >= 15 is 0 Å². The molecule has 0 aliphatic heterocycles. The van der Waals surface area contributed by atoms with Crippen LogP contribution in [0.4, 0.5) is 0 Å². The third-order valence-corrected chi connectivity index (χ3v) is 2.27. The van der Waals surface area contributed by atoms with Crippen LogP contribution in [0.1, 0.15) is 0 Å². The molecule has 1 radical (unpaired) electrons. The summed E-state index contributed by atoms with van der Waals surface area (Å²) in [6.07, 6.45) is 0. The summed E-state index contributed by atoms with van der Waals surface area (Å²) in [5.74, 6) is -5.52. The molecule has 4 N–H and O–H groups in total. The van der Waals surface area contributed by atoms with E-state index in [1.165, 1.54) is 0 Å². The molecule has 0 aliphatic rings. The average molecular weight is 451 g/mol. The molecule has 0 unspecified atom stereocenters. The second-order valence-corrected chi connectivity index (χ2v) is 4.05. The Morgan fingerprint density at radius 3 is 1.23 bits per heavy atom. The molecular formula is C9H15Cl2N2O8Ru+2. The van der Waals surface area contributed by atoms with E-state index in [-0.39, 0.29) is 44.3 Å². The molecule has 0 aromatic rings. The first kappa shape index (κ1) is 29.1. The summed E-state index contributed by atoms with van der Waals surface area (Å²) in [6.45, 7) is -3.06. The number of carbonyl (C=O) groups is 4. The second kappa shape index (κ2) is 12.5. The van der Waals surface area contributed by atoms with E-state index in [4.69, 9.17) is 20.4 Å². The number of hydrogen-bond acceptors (Lipinski definition) is 5. The van der Waals surface area contributed by atoms with Crippen LogP contribution in [0.5, 0.6) is 0 Å². The van der Waals surface area contributed by atoms with E-state index in [2.05, 4.69) is 0 Å². The number of hydrogen-bond donors (Lipinski definition) is 4. The van der Waals surface area contributed by atoms with E-state index in [0.717, 1.165) is 12.1 Å².